The maximum atomic E-state index is 14.3. The van der Waals surface area contributed by atoms with Crippen molar-refractivity contribution in [1.29, 1.82) is 0 Å². The largest absolute Gasteiger partial charge is 0.338 e. The predicted octanol–water partition coefficient (Wildman–Crippen LogP) is 3.53. The second-order valence-corrected chi connectivity index (χ2v) is 6.23. The van der Waals surface area contributed by atoms with E-state index in [2.05, 4.69) is 5.32 Å². The molecule has 7 heteroatoms. The Morgan fingerprint density at radius 3 is 2.17 bits per heavy atom. The van der Waals surface area contributed by atoms with E-state index in [1.807, 2.05) is 13.8 Å². The maximum absolute atomic E-state index is 14.3. The summed E-state index contributed by atoms with van der Waals surface area (Å²) in [6.07, 6.45) is 0. The molecule has 0 bridgehead atoms. The van der Waals surface area contributed by atoms with Crippen LogP contribution < -0.4 is 16.6 Å². The van der Waals surface area contributed by atoms with Crippen molar-refractivity contribution in [2.45, 2.75) is 20.8 Å². The summed E-state index contributed by atoms with van der Waals surface area (Å²) < 4.78 is 16.3. The van der Waals surface area contributed by atoms with Crippen LogP contribution in [-0.4, -0.2) is 14.9 Å². The Labute approximate surface area is 168 Å². The van der Waals surface area contributed by atoms with Gasteiger partial charge >= 0.3 is 5.69 Å². The molecule has 0 unspecified atom stereocenters. The predicted molar refractivity (Wildman–Crippen MR) is 113 cm³/mol. The number of ketones is 1. The van der Waals surface area contributed by atoms with Crippen LogP contribution in [0.4, 0.5) is 15.9 Å². The van der Waals surface area contributed by atoms with Gasteiger partial charge in [0.1, 0.15) is 17.2 Å². The number of benzene rings is 2. The lowest BCUT2D eigenvalue weighted by atomic mass is 10.0. The molecule has 6 nitrogen and oxygen atoms in total. The Hall–Kier alpha value is -3.48. The van der Waals surface area contributed by atoms with Gasteiger partial charge in [-0.1, -0.05) is 50.2 Å². The van der Waals surface area contributed by atoms with E-state index in [0.717, 1.165) is 14.7 Å². The molecule has 0 fully saturated rings. The molecule has 1 N–H and O–H groups in total. The van der Waals surface area contributed by atoms with Crippen LogP contribution in [0.15, 0.2) is 58.1 Å². The zero-order valence-electron chi connectivity index (χ0n) is 17.1. The molecule has 0 spiro atoms. The average Bonchev–Trinajstić information content (AvgIpc) is 2.74. The van der Waals surface area contributed by atoms with E-state index in [0.29, 0.717) is 5.56 Å². The van der Waals surface area contributed by atoms with Gasteiger partial charge in [0.2, 0.25) is 5.78 Å². The van der Waals surface area contributed by atoms with Crippen molar-refractivity contribution in [3.05, 3.63) is 91.9 Å². The van der Waals surface area contributed by atoms with E-state index in [9.17, 15) is 18.8 Å². The number of halogens is 1. The molecule has 29 heavy (non-hydrogen) atoms. The van der Waals surface area contributed by atoms with Crippen LogP contribution in [0.25, 0.3) is 0 Å². The van der Waals surface area contributed by atoms with Crippen LogP contribution in [0.1, 0.15) is 35.3 Å². The van der Waals surface area contributed by atoms with Gasteiger partial charge in [0, 0.05) is 19.7 Å². The highest BCUT2D eigenvalue weighted by Gasteiger charge is 2.23. The van der Waals surface area contributed by atoms with Crippen LogP contribution >= 0.6 is 0 Å². The number of nitrogens with one attached hydrogen (secondary N) is 1. The van der Waals surface area contributed by atoms with Gasteiger partial charge in [0.15, 0.2) is 0 Å². The van der Waals surface area contributed by atoms with Crippen molar-refractivity contribution in [2.24, 2.45) is 14.1 Å². The Morgan fingerprint density at radius 1 is 0.966 bits per heavy atom. The Kier molecular flexibility index (Phi) is 6.88. The van der Waals surface area contributed by atoms with Gasteiger partial charge in [-0.05, 0) is 24.6 Å². The second kappa shape index (κ2) is 9.14. The van der Waals surface area contributed by atoms with E-state index >= 15 is 0 Å². The molecule has 3 aromatic rings. The smallest absolute Gasteiger partial charge is 0.332 e. The fourth-order valence-corrected chi connectivity index (χ4v) is 2.78. The highest BCUT2D eigenvalue weighted by molar-refractivity contribution is 6.11. The minimum Gasteiger partial charge on any atom is -0.338 e. The summed E-state index contributed by atoms with van der Waals surface area (Å²) >= 11 is 0. The number of carbonyl (C=O) groups is 1. The molecule has 152 valence electrons. The van der Waals surface area contributed by atoms with Crippen LogP contribution in [0, 0.1) is 12.7 Å². The van der Waals surface area contributed by atoms with Crippen molar-refractivity contribution >= 4 is 17.3 Å². The van der Waals surface area contributed by atoms with Crippen molar-refractivity contribution in [3.8, 4) is 0 Å². The summed E-state index contributed by atoms with van der Waals surface area (Å²) in [5.74, 6) is -1.16. The third-order valence-corrected chi connectivity index (χ3v) is 4.31. The Morgan fingerprint density at radius 2 is 1.59 bits per heavy atom. The maximum Gasteiger partial charge on any atom is 0.332 e. The van der Waals surface area contributed by atoms with Crippen molar-refractivity contribution in [1.82, 2.24) is 9.13 Å². The number of aromatic nitrogens is 2. The standard InChI is InChI=1S/C20H18FN3O3.C2H6/c1-12-9-10-15(14(21)11-12)22-18-16(17(25)13-7-5-4-6-8-13)19(26)24(3)20(27)23(18)2;1-2/h4-11,22H,1-3H3;1-2H3. The lowest BCUT2D eigenvalue weighted by Gasteiger charge is -2.17. The van der Waals surface area contributed by atoms with Crippen LogP contribution in [0.2, 0.25) is 0 Å². The summed E-state index contributed by atoms with van der Waals surface area (Å²) in [5, 5.41) is 2.75. The van der Waals surface area contributed by atoms with E-state index in [-0.39, 0.29) is 17.1 Å². The summed E-state index contributed by atoms with van der Waals surface area (Å²) in [5.41, 5.74) is -0.532. The highest BCUT2D eigenvalue weighted by atomic mass is 19.1. The third-order valence-electron chi connectivity index (χ3n) is 4.31. The lowest BCUT2D eigenvalue weighted by molar-refractivity contribution is 0.103. The van der Waals surface area contributed by atoms with Gasteiger partial charge in [-0.15, -0.1) is 0 Å². The van der Waals surface area contributed by atoms with E-state index in [1.54, 1.807) is 43.3 Å². The SMILES string of the molecule is CC.Cc1ccc(Nc2c(C(=O)c3ccccc3)c(=O)n(C)c(=O)n2C)c(F)c1. The van der Waals surface area contributed by atoms with Crippen LogP contribution in [0.5, 0.6) is 0 Å². The molecule has 2 aromatic carbocycles. The van der Waals surface area contributed by atoms with Crippen molar-refractivity contribution in [2.75, 3.05) is 5.32 Å². The second-order valence-electron chi connectivity index (χ2n) is 6.23. The zero-order chi connectivity index (χ0) is 21.7. The monoisotopic (exact) mass is 397 g/mol. The first kappa shape index (κ1) is 21.8. The summed E-state index contributed by atoms with van der Waals surface area (Å²) in [6, 6.07) is 12.7. The molecular formula is C22H24FN3O3. The number of hydrogen-bond acceptors (Lipinski definition) is 4. The summed E-state index contributed by atoms with van der Waals surface area (Å²) in [6.45, 7) is 5.74. The molecule has 0 aliphatic heterocycles. The molecular weight excluding hydrogens is 373 g/mol. The summed E-state index contributed by atoms with van der Waals surface area (Å²) in [4.78, 5) is 38.0. The van der Waals surface area contributed by atoms with Crippen LogP contribution in [-0.2, 0) is 14.1 Å². The van der Waals surface area contributed by atoms with Gasteiger partial charge in [-0.2, -0.15) is 0 Å². The molecule has 0 aliphatic rings. The lowest BCUT2D eigenvalue weighted by Crippen LogP contribution is -2.41. The quantitative estimate of drug-likeness (QED) is 0.684. The topological polar surface area (TPSA) is 73.1 Å². The molecule has 0 aliphatic carbocycles. The Balaban J connectivity index is 0.00000145. The molecule has 0 amide bonds. The van der Waals surface area contributed by atoms with Gasteiger partial charge < -0.3 is 5.32 Å². The first-order chi connectivity index (χ1) is 13.8. The van der Waals surface area contributed by atoms with Gasteiger partial charge in [0.25, 0.3) is 5.56 Å². The normalized spacial score (nSPS) is 10.1. The Bertz CT molecular complexity index is 1150. The van der Waals surface area contributed by atoms with E-state index in [4.69, 9.17) is 0 Å². The fourth-order valence-electron chi connectivity index (χ4n) is 2.78. The average molecular weight is 397 g/mol. The van der Waals surface area contributed by atoms with Crippen LogP contribution in [0.3, 0.4) is 0 Å². The number of carbonyl (C=O) groups excluding carboxylic acids is 1. The highest BCUT2D eigenvalue weighted by Crippen LogP contribution is 2.23. The molecule has 0 radical (unpaired) electrons. The van der Waals surface area contributed by atoms with Crippen molar-refractivity contribution < 1.29 is 9.18 Å². The zero-order valence-corrected chi connectivity index (χ0v) is 17.1. The molecule has 0 saturated heterocycles. The molecule has 3 rings (SSSR count). The number of rotatable bonds is 4. The van der Waals surface area contributed by atoms with Gasteiger partial charge in [-0.25, -0.2) is 9.18 Å². The van der Waals surface area contributed by atoms with E-state index in [1.165, 1.54) is 26.2 Å². The van der Waals surface area contributed by atoms with Crippen molar-refractivity contribution in [3.63, 3.8) is 0 Å². The molecule has 1 aromatic heterocycles. The molecule has 0 atom stereocenters. The minimum atomic E-state index is -0.748. The number of nitrogens with zero attached hydrogens (tertiary/aromatic N) is 2. The number of hydrogen-bond donors (Lipinski definition) is 1. The first-order valence-corrected chi connectivity index (χ1v) is 9.24. The summed E-state index contributed by atoms with van der Waals surface area (Å²) in [7, 11) is 2.71. The number of anilines is 2. The van der Waals surface area contributed by atoms with Gasteiger partial charge in [-0.3, -0.25) is 18.7 Å². The number of aryl methyl sites for hydroxylation is 1. The molecule has 0 saturated carbocycles. The third kappa shape index (κ3) is 4.34. The first-order valence-electron chi connectivity index (χ1n) is 9.24. The molecule has 1 heterocycles. The minimum absolute atomic E-state index is 0.0558. The van der Waals surface area contributed by atoms with Gasteiger partial charge in [0.05, 0.1) is 5.69 Å². The van der Waals surface area contributed by atoms with E-state index < -0.39 is 22.8 Å². The fraction of sp³-hybridized carbons (Fsp3) is 0.227.